The van der Waals surface area contributed by atoms with Crippen LogP contribution in [0.3, 0.4) is 0 Å². The molecule has 0 aromatic heterocycles. The Hall–Kier alpha value is -0.600. The Morgan fingerprint density at radius 3 is 1.15 bits per heavy atom. The summed E-state index contributed by atoms with van der Waals surface area (Å²) in [6.45, 7) is 0. The van der Waals surface area contributed by atoms with Gasteiger partial charge in [-0.1, -0.05) is 0 Å². The van der Waals surface area contributed by atoms with Gasteiger partial charge < -0.3 is 0 Å². The predicted octanol–water partition coefficient (Wildman–Crippen LogP) is 2.55. The average molecular weight is 217 g/mol. The first-order chi connectivity index (χ1) is 5.44. The summed E-state index contributed by atoms with van der Waals surface area (Å²) in [4.78, 5) is 0. The van der Waals surface area contributed by atoms with Gasteiger partial charge in [0.2, 0.25) is 0 Å². The van der Waals surface area contributed by atoms with Crippen molar-refractivity contribution in [1.82, 2.24) is 0 Å². The summed E-state index contributed by atoms with van der Waals surface area (Å²) in [5.41, 5.74) is -6.35. The first-order valence-corrected chi connectivity index (χ1v) is 2.56. The summed E-state index contributed by atoms with van der Waals surface area (Å²) in [5, 5.41) is 9.31. The Labute approximate surface area is 66.0 Å². The van der Waals surface area contributed by atoms with Gasteiger partial charge in [-0.25, -0.2) is 13.2 Å². The van der Waals surface area contributed by atoms with E-state index in [0.717, 1.165) is 0 Å². The zero-order chi connectivity index (χ0) is 11.1. The summed E-state index contributed by atoms with van der Waals surface area (Å²) in [6, 6.07) is 0. The van der Waals surface area contributed by atoms with Crippen LogP contribution in [0.5, 0.6) is 0 Å². The van der Waals surface area contributed by atoms with Gasteiger partial charge in [-0.3, -0.25) is 0 Å². The van der Waals surface area contributed by atoms with Crippen LogP contribution in [-0.4, -0.2) is 24.4 Å². The van der Waals surface area contributed by atoms with Gasteiger partial charge in [-0.15, -0.1) is 0 Å². The monoisotopic (exact) mass is 217 g/mol. The normalized spacial score (nSPS) is 18.9. The highest BCUT2D eigenvalue weighted by atomic mass is 19.4. The molecule has 0 aliphatic carbocycles. The first kappa shape index (κ1) is 12.4. The molecule has 0 spiro atoms. The lowest BCUT2D eigenvalue weighted by molar-refractivity contribution is -0.411. The molecule has 0 saturated carbocycles. The average Bonchev–Trinajstić information content (AvgIpc) is 1.80. The summed E-state index contributed by atoms with van der Waals surface area (Å²) < 4.78 is 91.3. The van der Waals surface area contributed by atoms with E-state index in [4.69, 9.17) is 0 Å². The minimum atomic E-state index is -6.62. The molecule has 0 bridgehead atoms. The van der Waals surface area contributed by atoms with Crippen molar-refractivity contribution < 1.29 is 40.2 Å². The molecule has 0 N–H and O–H groups in total. The van der Waals surface area contributed by atoms with Gasteiger partial charge >= 0.3 is 18.0 Å². The molecule has 0 rings (SSSR count). The second-order valence-corrected chi connectivity index (χ2v) is 2.03. The van der Waals surface area contributed by atoms with Crippen LogP contribution in [0.25, 0.3) is 0 Å². The lowest BCUT2D eigenvalue weighted by Gasteiger charge is -2.28. The molecule has 1 radical (unpaired) electrons. The summed E-state index contributed by atoms with van der Waals surface area (Å²) >= 11 is 0. The Balaban J connectivity index is 5.22. The molecule has 1 atom stereocenters. The van der Waals surface area contributed by atoms with Crippen molar-refractivity contribution in [2.75, 3.05) is 0 Å². The molecule has 0 fully saturated rings. The van der Waals surface area contributed by atoms with E-state index >= 15 is 0 Å². The molecule has 13 heavy (non-hydrogen) atoms. The van der Waals surface area contributed by atoms with Gasteiger partial charge in [0.1, 0.15) is 0 Å². The smallest absolute Gasteiger partial charge is 0.217 e. The van der Waals surface area contributed by atoms with E-state index in [1.165, 1.54) is 0 Å². The van der Waals surface area contributed by atoms with Crippen molar-refractivity contribution in [2.45, 2.75) is 24.4 Å². The van der Waals surface area contributed by atoms with Crippen molar-refractivity contribution in [3.8, 4) is 0 Å². The van der Waals surface area contributed by atoms with Crippen molar-refractivity contribution in [3.63, 3.8) is 0 Å². The predicted molar refractivity (Wildman–Crippen MR) is 21.5 cm³/mol. The fourth-order valence-corrected chi connectivity index (χ4v) is 0.416. The molecule has 79 valence electrons. The van der Waals surface area contributed by atoms with Crippen LogP contribution in [0, 0.1) is 0 Å². The van der Waals surface area contributed by atoms with Gasteiger partial charge in [0.25, 0.3) is 6.43 Å². The van der Waals surface area contributed by atoms with E-state index in [0.29, 0.717) is 0 Å². The molecule has 1 nitrogen and oxygen atoms in total. The first-order valence-electron chi connectivity index (χ1n) is 2.56. The van der Waals surface area contributed by atoms with Gasteiger partial charge in [-0.2, -0.15) is 27.1 Å². The zero-order valence-electron chi connectivity index (χ0n) is 5.51. The zero-order valence-corrected chi connectivity index (χ0v) is 5.51. The molecule has 0 aromatic carbocycles. The third-order valence-corrected chi connectivity index (χ3v) is 1.14. The fourth-order valence-electron chi connectivity index (χ4n) is 0.416. The molecule has 1 unspecified atom stereocenters. The summed E-state index contributed by atoms with van der Waals surface area (Å²) in [6.07, 6.45) is -18.2. The molecular formula is C4HF8O. The molecule has 0 aliphatic rings. The molecular weight excluding hydrogens is 216 g/mol. The number of alkyl halides is 8. The van der Waals surface area contributed by atoms with Crippen molar-refractivity contribution in [3.05, 3.63) is 0 Å². The maximum Gasteiger partial charge on any atom is 0.437 e. The van der Waals surface area contributed by atoms with Crippen molar-refractivity contribution in [1.29, 1.82) is 0 Å². The Morgan fingerprint density at radius 1 is 0.846 bits per heavy atom. The Bertz CT molecular complexity index is 164. The maximum absolute atomic E-state index is 12.0. The van der Waals surface area contributed by atoms with Crippen LogP contribution in [0.1, 0.15) is 0 Å². The molecule has 0 amide bonds. The quantitative estimate of drug-likeness (QED) is 0.633. The third-order valence-electron chi connectivity index (χ3n) is 1.14. The van der Waals surface area contributed by atoms with E-state index in [1.807, 2.05) is 0 Å². The Morgan fingerprint density at radius 2 is 1.15 bits per heavy atom. The van der Waals surface area contributed by atoms with Gasteiger partial charge in [-0.05, 0) is 0 Å². The van der Waals surface area contributed by atoms with Crippen molar-refractivity contribution >= 4 is 0 Å². The Kier molecular flexibility index (Phi) is 2.83. The highest BCUT2D eigenvalue weighted by molar-refractivity contribution is 4.96. The SMILES string of the molecule is [O]C(F)(F)C(F)(C(F)F)C(F)(F)F. The molecule has 0 aliphatic heterocycles. The van der Waals surface area contributed by atoms with Crippen LogP contribution < -0.4 is 0 Å². The summed E-state index contributed by atoms with van der Waals surface area (Å²) in [5.74, 6) is 0. The highest BCUT2D eigenvalue weighted by Crippen LogP contribution is 2.47. The third kappa shape index (κ3) is 1.84. The van der Waals surface area contributed by atoms with Crippen LogP contribution in [0.15, 0.2) is 0 Å². The minimum absolute atomic E-state index is 5.14. The van der Waals surface area contributed by atoms with E-state index in [2.05, 4.69) is 0 Å². The largest absolute Gasteiger partial charge is 0.437 e. The number of halogens is 8. The van der Waals surface area contributed by atoms with E-state index in [9.17, 15) is 40.2 Å². The minimum Gasteiger partial charge on any atom is -0.217 e. The van der Waals surface area contributed by atoms with Crippen molar-refractivity contribution in [2.24, 2.45) is 0 Å². The van der Waals surface area contributed by atoms with Gasteiger partial charge in [0, 0.05) is 0 Å². The number of hydrogen-bond acceptors (Lipinski definition) is 0. The molecule has 0 heterocycles. The van der Waals surface area contributed by atoms with Crippen LogP contribution in [-0.2, 0) is 5.11 Å². The topological polar surface area (TPSA) is 19.9 Å². The van der Waals surface area contributed by atoms with Gasteiger partial charge in [0.05, 0.1) is 0 Å². The van der Waals surface area contributed by atoms with E-state index < -0.39 is 24.4 Å². The standard InChI is InChI=1S/C4HF8O/c5-1(6)2(7,3(8,9)10)4(11,12)13/h1H. The lowest BCUT2D eigenvalue weighted by atomic mass is 10.1. The van der Waals surface area contributed by atoms with Crippen LogP contribution in [0.4, 0.5) is 35.1 Å². The lowest BCUT2D eigenvalue weighted by Crippen LogP contribution is -2.59. The van der Waals surface area contributed by atoms with Gasteiger partial charge in [0.15, 0.2) is 0 Å². The van der Waals surface area contributed by atoms with E-state index in [1.54, 1.807) is 0 Å². The number of hydrogen-bond donors (Lipinski definition) is 0. The van der Waals surface area contributed by atoms with E-state index in [-0.39, 0.29) is 0 Å². The maximum atomic E-state index is 12.0. The molecule has 0 saturated heterocycles. The molecule has 9 heteroatoms. The fraction of sp³-hybridized carbons (Fsp3) is 1.00. The second kappa shape index (κ2) is 2.96. The van der Waals surface area contributed by atoms with Crippen LogP contribution >= 0.6 is 0 Å². The van der Waals surface area contributed by atoms with Crippen LogP contribution in [0.2, 0.25) is 0 Å². The molecule has 0 aromatic rings. The second-order valence-electron chi connectivity index (χ2n) is 2.03. The number of rotatable bonds is 2. The highest BCUT2D eigenvalue weighted by Gasteiger charge is 2.77. The summed E-state index contributed by atoms with van der Waals surface area (Å²) in [7, 11) is 0.